The molecule has 1 aliphatic carbocycles. The van der Waals surface area contributed by atoms with Gasteiger partial charge in [-0.3, -0.25) is 9.69 Å². The molecular weight excluding hydrogens is 256 g/mol. The molecule has 3 N–H and O–H groups in total. The highest BCUT2D eigenvalue weighted by Crippen LogP contribution is 2.43. The van der Waals surface area contributed by atoms with Crippen LogP contribution in [0.25, 0.3) is 0 Å². The molecule has 5 heteroatoms. The summed E-state index contributed by atoms with van der Waals surface area (Å²) in [5.74, 6) is -0.817. The summed E-state index contributed by atoms with van der Waals surface area (Å²) < 4.78 is 0. The van der Waals surface area contributed by atoms with Crippen molar-refractivity contribution in [1.82, 2.24) is 0 Å². The van der Waals surface area contributed by atoms with E-state index in [1.165, 1.54) is 4.90 Å². The highest BCUT2D eigenvalue weighted by Gasteiger charge is 2.43. The lowest BCUT2D eigenvalue weighted by Crippen LogP contribution is -2.41. The fourth-order valence-electron chi connectivity index (χ4n) is 3.04. The van der Waals surface area contributed by atoms with E-state index in [9.17, 15) is 14.7 Å². The number of primary amides is 1. The number of nitrogens with two attached hydrogens (primary N) is 1. The van der Waals surface area contributed by atoms with Crippen molar-refractivity contribution in [1.29, 1.82) is 0 Å². The molecule has 0 atom stereocenters. The van der Waals surface area contributed by atoms with Crippen molar-refractivity contribution in [2.24, 2.45) is 5.73 Å². The SMILES string of the molecule is CN(C(N)=O)c1ccccc1C1(C(=O)O)CCCCC1. The average Bonchev–Trinajstić information content (AvgIpc) is 2.47. The van der Waals surface area contributed by atoms with Gasteiger partial charge in [-0.2, -0.15) is 0 Å². The summed E-state index contributed by atoms with van der Waals surface area (Å²) in [7, 11) is 1.57. The molecule has 2 rings (SSSR count). The lowest BCUT2D eigenvalue weighted by Gasteiger charge is -2.36. The predicted molar refractivity (Wildman–Crippen MR) is 76.8 cm³/mol. The van der Waals surface area contributed by atoms with Crippen LogP contribution in [-0.2, 0) is 10.2 Å². The number of carbonyl (C=O) groups excluding carboxylic acids is 1. The number of carbonyl (C=O) groups is 2. The summed E-state index contributed by atoms with van der Waals surface area (Å²) in [5, 5.41) is 9.75. The van der Waals surface area contributed by atoms with Crippen molar-refractivity contribution in [3.63, 3.8) is 0 Å². The van der Waals surface area contributed by atoms with Crippen molar-refractivity contribution in [2.75, 3.05) is 11.9 Å². The van der Waals surface area contributed by atoms with Crippen molar-refractivity contribution in [3.05, 3.63) is 29.8 Å². The number of amides is 2. The van der Waals surface area contributed by atoms with Gasteiger partial charge in [-0.1, -0.05) is 37.5 Å². The van der Waals surface area contributed by atoms with E-state index in [2.05, 4.69) is 0 Å². The normalized spacial score (nSPS) is 17.4. The second-order valence-corrected chi connectivity index (χ2v) is 5.36. The molecule has 0 heterocycles. The number of benzene rings is 1. The van der Waals surface area contributed by atoms with Gasteiger partial charge in [0.25, 0.3) is 0 Å². The molecule has 0 aliphatic heterocycles. The number of anilines is 1. The Bertz CT molecular complexity index is 522. The molecule has 0 saturated heterocycles. The predicted octanol–water partition coefficient (Wildman–Crippen LogP) is 2.49. The summed E-state index contributed by atoms with van der Waals surface area (Å²) in [6.07, 6.45) is 4.04. The van der Waals surface area contributed by atoms with Gasteiger partial charge in [0.1, 0.15) is 0 Å². The van der Waals surface area contributed by atoms with Crippen LogP contribution in [0.2, 0.25) is 0 Å². The lowest BCUT2D eigenvalue weighted by molar-refractivity contribution is -0.145. The Morgan fingerprint density at radius 2 is 1.80 bits per heavy atom. The second kappa shape index (κ2) is 5.53. The maximum atomic E-state index is 11.9. The number of urea groups is 1. The van der Waals surface area contributed by atoms with Crippen LogP contribution in [0.1, 0.15) is 37.7 Å². The second-order valence-electron chi connectivity index (χ2n) is 5.36. The Morgan fingerprint density at radius 3 is 2.35 bits per heavy atom. The fourth-order valence-corrected chi connectivity index (χ4v) is 3.04. The highest BCUT2D eigenvalue weighted by molar-refractivity contribution is 5.93. The Labute approximate surface area is 118 Å². The minimum Gasteiger partial charge on any atom is -0.481 e. The van der Waals surface area contributed by atoms with Crippen LogP contribution in [0.3, 0.4) is 0 Å². The van der Waals surface area contributed by atoms with Gasteiger partial charge in [-0.15, -0.1) is 0 Å². The molecule has 0 radical (unpaired) electrons. The zero-order valence-electron chi connectivity index (χ0n) is 11.6. The zero-order chi connectivity index (χ0) is 14.8. The number of carboxylic acids is 1. The third-order valence-electron chi connectivity index (χ3n) is 4.23. The van der Waals surface area contributed by atoms with Crippen LogP contribution in [0.15, 0.2) is 24.3 Å². The number of carboxylic acid groups (broad SMARTS) is 1. The molecule has 2 amide bonds. The van der Waals surface area contributed by atoms with Gasteiger partial charge < -0.3 is 10.8 Å². The largest absolute Gasteiger partial charge is 0.481 e. The number of rotatable bonds is 3. The first kappa shape index (κ1) is 14.4. The number of para-hydroxylation sites is 1. The van der Waals surface area contributed by atoms with Gasteiger partial charge in [-0.05, 0) is 24.5 Å². The molecule has 1 fully saturated rings. The first-order chi connectivity index (χ1) is 9.49. The summed E-state index contributed by atoms with van der Waals surface area (Å²) in [4.78, 5) is 24.6. The van der Waals surface area contributed by atoms with Crippen LogP contribution in [0, 0.1) is 0 Å². The van der Waals surface area contributed by atoms with Crippen LogP contribution in [0.5, 0.6) is 0 Å². The molecule has 0 aromatic heterocycles. The number of aliphatic carboxylic acids is 1. The van der Waals surface area contributed by atoms with Crippen LogP contribution < -0.4 is 10.6 Å². The highest BCUT2D eigenvalue weighted by atomic mass is 16.4. The average molecular weight is 276 g/mol. The van der Waals surface area contributed by atoms with Gasteiger partial charge in [0, 0.05) is 12.7 Å². The maximum absolute atomic E-state index is 11.9. The van der Waals surface area contributed by atoms with Crippen LogP contribution >= 0.6 is 0 Å². The third kappa shape index (κ3) is 2.35. The molecule has 0 bridgehead atoms. The Kier molecular flexibility index (Phi) is 3.97. The molecule has 1 aromatic rings. The Morgan fingerprint density at radius 1 is 1.20 bits per heavy atom. The third-order valence-corrected chi connectivity index (χ3v) is 4.23. The molecular formula is C15H20N2O3. The standard InChI is InChI=1S/C15H20N2O3/c1-17(14(16)20)12-8-4-3-7-11(12)15(13(18)19)9-5-2-6-10-15/h3-4,7-8H,2,5-6,9-10H2,1H3,(H2,16,20)(H,18,19). The quantitative estimate of drug-likeness (QED) is 0.889. The summed E-state index contributed by atoms with van der Waals surface area (Å²) in [6, 6.07) is 6.56. The van der Waals surface area contributed by atoms with Crippen molar-refractivity contribution < 1.29 is 14.7 Å². The van der Waals surface area contributed by atoms with Crippen molar-refractivity contribution in [2.45, 2.75) is 37.5 Å². The molecule has 1 aromatic carbocycles. The summed E-state index contributed by atoms with van der Waals surface area (Å²) in [6.45, 7) is 0. The number of hydrogen-bond donors (Lipinski definition) is 2. The first-order valence-corrected chi connectivity index (χ1v) is 6.85. The smallest absolute Gasteiger partial charge is 0.319 e. The fraction of sp³-hybridized carbons (Fsp3) is 0.467. The van der Waals surface area contributed by atoms with Gasteiger partial charge in [0.05, 0.1) is 5.41 Å². The number of nitrogens with zero attached hydrogens (tertiary/aromatic N) is 1. The van der Waals surface area contributed by atoms with Crippen molar-refractivity contribution >= 4 is 17.7 Å². The van der Waals surface area contributed by atoms with E-state index in [1.807, 2.05) is 6.07 Å². The molecule has 1 saturated carbocycles. The van der Waals surface area contributed by atoms with E-state index in [1.54, 1.807) is 25.2 Å². The van der Waals surface area contributed by atoms with Gasteiger partial charge in [-0.25, -0.2) is 4.79 Å². The molecule has 5 nitrogen and oxygen atoms in total. The van der Waals surface area contributed by atoms with Crippen molar-refractivity contribution in [3.8, 4) is 0 Å². The molecule has 20 heavy (non-hydrogen) atoms. The minimum atomic E-state index is -0.904. The lowest BCUT2D eigenvalue weighted by atomic mass is 9.69. The Hall–Kier alpha value is -2.04. The Balaban J connectivity index is 2.54. The summed E-state index contributed by atoms with van der Waals surface area (Å²) >= 11 is 0. The first-order valence-electron chi connectivity index (χ1n) is 6.85. The van der Waals surface area contributed by atoms with E-state index >= 15 is 0 Å². The maximum Gasteiger partial charge on any atom is 0.319 e. The summed E-state index contributed by atoms with van der Waals surface area (Å²) in [5.41, 5.74) is 5.70. The van der Waals surface area contributed by atoms with Crippen LogP contribution in [0.4, 0.5) is 10.5 Å². The van der Waals surface area contributed by atoms with E-state index < -0.39 is 17.4 Å². The van der Waals surface area contributed by atoms with Gasteiger partial charge in [0.2, 0.25) is 0 Å². The van der Waals surface area contributed by atoms with E-state index in [4.69, 9.17) is 5.73 Å². The van der Waals surface area contributed by atoms with Crippen LogP contribution in [-0.4, -0.2) is 24.2 Å². The minimum absolute atomic E-state index is 0.587. The van der Waals surface area contributed by atoms with Gasteiger partial charge in [0.15, 0.2) is 0 Å². The van der Waals surface area contributed by atoms with Gasteiger partial charge >= 0.3 is 12.0 Å². The van der Waals surface area contributed by atoms with E-state index in [0.29, 0.717) is 24.1 Å². The molecule has 0 spiro atoms. The zero-order valence-corrected chi connectivity index (χ0v) is 11.6. The monoisotopic (exact) mass is 276 g/mol. The molecule has 108 valence electrons. The molecule has 0 unspecified atom stereocenters. The van der Waals surface area contributed by atoms with E-state index in [0.717, 1.165) is 19.3 Å². The topological polar surface area (TPSA) is 83.6 Å². The number of hydrogen-bond acceptors (Lipinski definition) is 2. The van der Waals surface area contributed by atoms with E-state index in [-0.39, 0.29) is 0 Å². The molecule has 1 aliphatic rings.